The first-order valence-corrected chi connectivity index (χ1v) is 12.7. The predicted molar refractivity (Wildman–Crippen MR) is 206 cm³/mol. The van der Waals surface area contributed by atoms with E-state index in [0.29, 0.717) is 0 Å². The van der Waals surface area contributed by atoms with Gasteiger partial charge in [-0.05, 0) is 116 Å². The van der Waals surface area contributed by atoms with Gasteiger partial charge in [0.15, 0.2) is 0 Å². The van der Waals surface area contributed by atoms with Gasteiger partial charge in [-0.2, -0.15) is 0 Å². The fourth-order valence-corrected chi connectivity index (χ4v) is 2.17. The van der Waals surface area contributed by atoms with E-state index in [-0.39, 0.29) is 13.0 Å². The molecule has 0 heterocycles. The largest absolute Gasteiger partial charge is 0.462 e. The molecule has 0 bridgehead atoms. The highest BCUT2D eigenvalue weighted by atomic mass is 16.5. The van der Waals surface area contributed by atoms with Gasteiger partial charge in [0.1, 0.15) is 6.10 Å². The van der Waals surface area contributed by atoms with Gasteiger partial charge in [0.05, 0.1) is 11.0 Å². The van der Waals surface area contributed by atoms with Gasteiger partial charge < -0.3 is 9.64 Å². The normalized spacial score (nSPS) is 42.6. The van der Waals surface area contributed by atoms with Crippen LogP contribution in [0.3, 0.4) is 0 Å². The van der Waals surface area contributed by atoms with Crippen molar-refractivity contribution in [2.75, 3.05) is 20.6 Å². The van der Waals surface area contributed by atoms with Crippen LogP contribution in [0.1, 0.15) is 277 Å². The molecule has 0 aromatic rings. The Hall–Kier alpha value is -1.61. The van der Waals surface area contributed by atoms with E-state index < -0.39 is 246 Å². The number of rotatable bonds is 35. The van der Waals surface area contributed by atoms with E-state index in [1.807, 2.05) is 0 Å². The zero-order valence-corrected chi connectivity index (χ0v) is 24.9. The van der Waals surface area contributed by atoms with Crippen molar-refractivity contribution >= 4 is 5.97 Å². The van der Waals surface area contributed by atoms with Crippen LogP contribution in [-0.4, -0.2) is 37.6 Å². The second-order valence-corrected chi connectivity index (χ2v) is 7.53. The van der Waals surface area contributed by atoms with E-state index >= 15 is 0 Å². The number of hydrogen-bond donors (Lipinski definition) is 0. The van der Waals surface area contributed by atoms with Gasteiger partial charge in [0.2, 0.25) is 0 Å². The molecule has 1 unspecified atom stereocenters. The summed E-state index contributed by atoms with van der Waals surface area (Å²) >= 11 is 0. The molecule has 0 N–H and O–H groups in total. The maximum Gasteiger partial charge on any atom is 0.306 e. The molecule has 0 aromatic heterocycles. The lowest BCUT2D eigenvalue weighted by Gasteiger charge is -2.18. The van der Waals surface area contributed by atoms with Crippen molar-refractivity contribution in [1.29, 1.82) is 0 Å². The molecular formula is C43H79NO2. The molecule has 0 aliphatic heterocycles. The predicted octanol–water partition coefficient (Wildman–Crippen LogP) is 13.6. The maximum atomic E-state index is 13.4. The Bertz CT molecular complexity index is 3150. The molecule has 0 aliphatic carbocycles. The minimum Gasteiger partial charge on any atom is -0.462 e. The van der Waals surface area contributed by atoms with E-state index in [1.54, 1.807) is 0 Å². The molecule has 3 nitrogen and oxygen atoms in total. The fraction of sp³-hybridized carbons (Fsp3) is 0.791. The van der Waals surface area contributed by atoms with Crippen LogP contribution in [0.4, 0.5) is 0 Å². The van der Waals surface area contributed by atoms with Gasteiger partial charge in [0.25, 0.3) is 0 Å². The summed E-state index contributed by atoms with van der Waals surface area (Å²) in [5, 5.41) is 0. The number of ether oxygens (including phenoxy) is 1. The molecule has 0 rings (SSSR count). The van der Waals surface area contributed by atoms with Crippen molar-refractivity contribution < 1.29 is 94.5 Å². The van der Waals surface area contributed by atoms with Crippen LogP contribution in [0.2, 0.25) is 0 Å². The quantitative estimate of drug-likeness (QED) is 0.0486. The Morgan fingerprint density at radius 2 is 1.00 bits per heavy atom. The van der Waals surface area contributed by atoms with Gasteiger partial charge in [-0.3, -0.25) is 4.79 Å². The molecule has 46 heavy (non-hydrogen) atoms. The molecule has 1 atom stereocenters. The van der Waals surface area contributed by atoms with Crippen LogP contribution >= 0.6 is 0 Å². The Morgan fingerprint density at radius 1 is 0.609 bits per heavy atom. The Morgan fingerprint density at radius 3 is 1.41 bits per heavy atom. The monoisotopic (exact) mass is 704 g/mol. The van der Waals surface area contributed by atoms with E-state index in [0.717, 1.165) is 0 Å². The zero-order chi connectivity index (χ0) is 88.6. The minimum absolute atomic E-state index is 0.0265. The Balaban J connectivity index is 8.41. The lowest BCUT2D eigenvalue weighted by Crippen LogP contribution is -2.20. The first kappa shape index (κ1) is 7.52. The molecule has 0 radical (unpaired) electrons. The van der Waals surface area contributed by atoms with E-state index in [1.165, 1.54) is 19.0 Å². The molecule has 0 spiro atoms. The minimum atomic E-state index is -5.21. The number of allylic oxidation sites excluding steroid dienone is 8. The molecule has 0 saturated heterocycles. The summed E-state index contributed by atoms with van der Waals surface area (Å²) < 4.78 is 519. The molecular weight excluding hydrogens is 562 g/mol. The highest BCUT2D eigenvalue weighted by Crippen LogP contribution is 2.18. The third-order valence-electron chi connectivity index (χ3n) is 3.87. The Labute approximate surface area is 375 Å². The van der Waals surface area contributed by atoms with Crippen LogP contribution < -0.4 is 0 Å². The number of carbonyl (C=O) groups excluding carboxylic acids is 1. The number of carbonyl (C=O) groups is 1. The van der Waals surface area contributed by atoms with Gasteiger partial charge >= 0.3 is 5.97 Å². The second-order valence-electron chi connectivity index (χ2n) is 7.53. The summed E-state index contributed by atoms with van der Waals surface area (Å²) in [6, 6.07) is -19.8. The number of esters is 1. The smallest absolute Gasteiger partial charge is 0.306 e. The standard InChI is InChI=1S/C43H79NO2/c1-5-7-9-11-13-15-17-19-21-23-25-27-29-31-33-35-38-42(46-43(45)40-37-41-44(3)4)39-36-34-32-30-28-26-24-22-20-18-16-14-12-10-8-6-2/h13-16,19-22,42H,5-12,17-18,23-41H2,1-4H3/b15-13-,16-14+,21-19-,22-20+/i1D3,2D3,5D2,6D2,7D2,8D2,9D2,10D2,11D2,12D2,13D,14D,15D,16D,17D2,18D2,19D,20D,21D,22D,23D2,24D2,25D2,26D2,27D2,28D2,29D2,30D2,31D2,32D2,33D2,34D2,35D2,36D2. The summed E-state index contributed by atoms with van der Waals surface area (Å²) in [5.41, 5.74) is 0. The maximum absolute atomic E-state index is 13.4. The van der Waals surface area contributed by atoms with Crippen LogP contribution in [0.15, 0.2) is 48.4 Å². The van der Waals surface area contributed by atoms with Crippen molar-refractivity contribution in [3.8, 4) is 0 Å². The van der Waals surface area contributed by atoms with E-state index in [4.69, 9.17) is 89.7 Å². The van der Waals surface area contributed by atoms with Crippen LogP contribution in [0.25, 0.3) is 0 Å². The molecule has 0 amide bonds. The van der Waals surface area contributed by atoms with Gasteiger partial charge in [0, 0.05) is 80.4 Å². The molecule has 3 heteroatoms. The second kappa shape index (κ2) is 37.8. The number of nitrogens with zero attached hydrogens (tertiary/aromatic N) is 1. The fourth-order valence-electron chi connectivity index (χ4n) is 2.17. The highest BCUT2D eigenvalue weighted by Gasteiger charge is 2.14. The van der Waals surface area contributed by atoms with Crippen molar-refractivity contribution in [3.05, 3.63) is 48.4 Å². The molecule has 0 aromatic carbocycles. The van der Waals surface area contributed by atoms with Crippen molar-refractivity contribution in [1.82, 2.24) is 4.90 Å². The van der Waals surface area contributed by atoms with Crippen LogP contribution in [-0.2, 0) is 9.53 Å². The molecule has 0 saturated carbocycles. The summed E-state index contributed by atoms with van der Waals surface area (Å²) in [7, 11) is 2.89. The molecule has 0 fully saturated rings. The van der Waals surface area contributed by atoms with E-state index in [9.17, 15) is 4.79 Å². The van der Waals surface area contributed by atoms with E-state index in [2.05, 4.69) is 0 Å². The first-order chi connectivity index (χ1) is 46.2. The van der Waals surface area contributed by atoms with Crippen molar-refractivity contribution in [2.45, 2.75) is 198 Å². The molecule has 268 valence electrons. The summed E-state index contributed by atoms with van der Waals surface area (Å²) in [6.07, 6.45) is -124. The van der Waals surface area contributed by atoms with Crippen molar-refractivity contribution in [2.24, 2.45) is 0 Å². The lowest BCUT2D eigenvalue weighted by molar-refractivity contribution is -0.150. The summed E-state index contributed by atoms with van der Waals surface area (Å²) in [5.74, 6) is -1.62. The third kappa shape index (κ3) is 36.9. The Kier molecular flexibility index (Phi) is 6.19. The number of hydrogen-bond acceptors (Lipinski definition) is 3. The average Bonchev–Trinajstić information content (AvgIpc) is 0.703. The van der Waals surface area contributed by atoms with Gasteiger partial charge in [-0.25, -0.2) is 0 Å². The van der Waals surface area contributed by atoms with Gasteiger partial charge in [-0.1, -0.05) is 139 Å². The van der Waals surface area contributed by atoms with Crippen LogP contribution in [0, 0.1) is 0 Å². The van der Waals surface area contributed by atoms with Crippen molar-refractivity contribution in [3.63, 3.8) is 0 Å². The average molecular weight is 704 g/mol. The summed E-state index contributed by atoms with van der Waals surface area (Å²) in [6.45, 7) is -8.25. The first-order valence-electron chi connectivity index (χ1n) is 43.7. The summed E-state index contributed by atoms with van der Waals surface area (Å²) in [4.78, 5) is 14.9. The third-order valence-corrected chi connectivity index (χ3v) is 3.87. The molecule has 0 aliphatic rings. The SMILES string of the molecule is [2H]/C(=C(\[2H])C([2H])([2H])C([2H])([2H])C([2H])([2H])C([2H])([2H])C([2H])([2H])[2H])C([2H])([2H])/C([2H])=C(/[2H])C([2H])([2H])C([2H])([2H])C([2H])([2H])C([2H])([2H])C([2H])([2H])C([2H])([2H])C([2H])([2H])CC(CC([2H])([2H])C([2H])([2H])C([2H])([2H])C([2H])([2H])C([2H])([2H])C([2H])([2H])C([2H])([2H])/C([2H])=C(\[2H])C([2H])([2H])/C([2H])=C(\[2H])C([2H])([2H])C([2H])([2H])C([2H])([2H])C([2H])([2H])C([2H])([2H])[2H])OC(=O)CCCN(C)C. The van der Waals surface area contributed by atoms with Crippen LogP contribution in [0.5, 0.6) is 0 Å². The lowest BCUT2D eigenvalue weighted by atomic mass is 10.0. The highest BCUT2D eigenvalue weighted by molar-refractivity contribution is 5.69. The topological polar surface area (TPSA) is 29.5 Å². The zero-order valence-electron chi connectivity index (χ0n) is 86.9. The van der Waals surface area contributed by atoms with Gasteiger partial charge in [-0.15, -0.1) is 0 Å².